The molecule has 0 aliphatic rings. The average Bonchev–Trinajstić information content (AvgIpc) is 2.26. The number of benzene rings is 1. The Morgan fingerprint density at radius 3 is 2.60 bits per heavy atom. The Hall–Kier alpha value is -2.03. The summed E-state index contributed by atoms with van der Waals surface area (Å²) in [5, 5.41) is 0. The molecule has 0 bridgehead atoms. The number of hydrogen-bond acceptors (Lipinski definition) is 3. The molecule has 1 aromatic heterocycles. The van der Waals surface area contributed by atoms with Crippen molar-refractivity contribution in [2.75, 3.05) is 5.73 Å². The van der Waals surface area contributed by atoms with Crippen molar-refractivity contribution in [3.05, 3.63) is 48.3 Å². The second-order valence-corrected chi connectivity index (χ2v) is 3.26. The van der Waals surface area contributed by atoms with E-state index >= 15 is 0 Å². The molecule has 0 atom stereocenters. The third kappa shape index (κ3) is 2.07. The zero-order chi connectivity index (χ0) is 10.7. The van der Waals surface area contributed by atoms with Gasteiger partial charge in [-0.1, -0.05) is 6.07 Å². The first kappa shape index (κ1) is 9.52. The van der Waals surface area contributed by atoms with Crippen molar-refractivity contribution in [1.82, 2.24) is 4.98 Å². The van der Waals surface area contributed by atoms with Crippen LogP contribution in [0.25, 0.3) is 0 Å². The molecule has 0 aliphatic heterocycles. The molecule has 15 heavy (non-hydrogen) atoms. The van der Waals surface area contributed by atoms with Crippen LogP contribution in [0.15, 0.2) is 42.7 Å². The molecule has 1 heterocycles. The van der Waals surface area contributed by atoms with Gasteiger partial charge in [0.2, 0.25) is 0 Å². The normalized spacial score (nSPS) is 9.93. The largest absolute Gasteiger partial charge is 0.457 e. The van der Waals surface area contributed by atoms with Gasteiger partial charge in [-0.3, -0.25) is 4.98 Å². The molecule has 0 aliphatic carbocycles. The maximum Gasteiger partial charge on any atom is 0.132 e. The minimum atomic E-state index is 0.738. The van der Waals surface area contributed by atoms with Gasteiger partial charge in [0, 0.05) is 23.6 Å². The van der Waals surface area contributed by atoms with Crippen LogP contribution in [0.1, 0.15) is 5.56 Å². The summed E-state index contributed by atoms with van der Waals surface area (Å²) < 4.78 is 5.67. The average molecular weight is 200 g/mol. The van der Waals surface area contributed by atoms with E-state index in [1.165, 1.54) is 0 Å². The monoisotopic (exact) mass is 200 g/mol. The first-order valence-corrected chi connectivity index (χ1v) is 4.70. The summed E-state index contributed by atoms with van der Waals surface area (Å²) in [4.78, 5) is 3.92. The highest BCUT2D eigenvalue weighted by molar-refractivity contribution is 5.54. The van der Waals surface area contributed by atoms with Gasteiger partial charge in [0.25, 0.3) is 0 Å². The number of pyridine rings is 1. The summed E-state index contributed by atoms with van der Waals surface area (Å²) in [5.41, 5.74) is 7.47. The molecule has 1 aromatic carbocycles. The van der Waals surface area contributed by atoms with Crippen molar-refractivity contribution in [3.63, 3.8) is 0 Å². The molecule has 76 valence electrons. The maximum absolute atomic E-state index is 5.78. The van der Waals surface area contributed by atoms with E-state index in [9.17, 15) is 0 Å². The van der Waals surface area contributed by atoms with E-state index in [1.807, 2.05) is 37.3 Å². The van der Waals surface area contributed by atoms with Crippen LogP contribution in [0.4, 0.5) is 5.69 Å². The lowest BCUT2D eigenvalue weighted by atomic mass is 10.2. The predicted molar refractivity (Wildman–Crippen MR) is 59.9 cm³/mol. The Labute approximate surface area is 88.5 Å². The molecule has 3 nitrogen and oxygen atoms in total. The second kappa shape index (κ2) is 4.00. The van der Waals surface area contributed by atoms with Crippen molar-refractivity contribution in [1.29, 1.82) is 0 Å². The molecule has 0 radical (unpaired) electrons. The Balaban J connectivity index is 2.29. The highest BCUT2D eigenvalue weighted by Crippen LogP contribution is 2.27. The number of nitrogen functional groups attached to an aromatic ring is 1. The predicted octanol–water partition coefficient (Wildman–Crippen LogP) is 2.76. The summed E-state index contributed by atoms with van der Waals surface area (Å²) in [6.45, 7) is 1.94. The van der Waals surface area contributed by atoms with Gasteiger partial charge in [0.15, 0.2) is 0 Å². The summed E-state index contributed by atoms with van der Waals surface area (Å²) in [7, 11) is 0. The van der Waals surface area contributed by atoms with Gasteiger partial charge in [-0.25, -0.2) is 0 Å². The molecule has 0 saturated heterocycles. The van der Waals surface area contributed by atoms with Crippen LogP contribution in [-0.2, 0) is 0 Å². The van der Waals surface area contributed by atoms with Crippen LogP contribution < -0.4 is 10.5 Å². The maximum atomic E-state index is 5.78. The molecule has 0 amide bonds. The van der Waals surface area contributed by atoms with Crippen LogP contribution in [0.2, 0.25) is 0 Å². The molecule has 2 rings (SSSR count). The molecule has 0 spiro atoms. The van der Waals surface area contributed by atoms with Gasteiger partial charge in [-0.2, -0.15) is 0 Å². The minimum Gasteiger partial charge on any atom is -0.457 e. The fraction of sp³-hybridized carbons (Fsp3) is 0.0833. The standard InChI is InChI=1S/C12H12N2O/c1-9-11(13)3-2-4-12(9)15-10-5-7-14-8-6-10/h2-8H,13H2,1H3. The lowest BCUT2D eigenvalue weighted by Gasteiger charge is -2.09. The lowest BCUT2D eigenvalue weighted by Crippen LogP contribution is -1.93. The van der Waals surface area contributed by atoms with Crippen molar-refractivity contribution in [2.24, 2.45) is 0 Å². The van der Waals surface area contributed by atoms with E-state index in [0.717, 1.165) is 22.7 Å². The molecule has 2 aromatic rings. The number of anilines is 1. The minimum absolute atomic E-state index is 0.738. The topological polar surface area (TPSA) is 48.1 Å². The van der Waals surface area contributed by atoms with Gasteiger partial charge < -0.3 is 10.5 Å². The molecule has 0 unspecified atom stereocenters. The Bertz CT molecular complexity index is 454. The molecular weight excluding hydrogens is 188 g/mol. The second-order valence-electron chi connectivity index (χ2n) is 3.26. The fourth-order valence-corrected chi connectivity index (χ4v) is 1.28. The third-order valence-corrected chi connectivity index (χ3v) is 2.20. The zero-order valence-corrected chi connectivity index (χ0v) is 8.47. The molecule has 2 N–H and O–H groups in total. The summed E-state index contributed by atoms with van der Waals surface area (Å²) in [6.07, 6.45) is 3.38. The van der Waals surface area contributed by atoms with E-state index in [2.05, 4.69) is 4.98 Å². The van der Waals surface area contributed by atoms with Crippen LogP contribution >= 0.6 is 0 Å². The molecule has 3 heteroatoms. The number of nitrogens with two attached hydrogens (primary N) is 1. The van der Waals surface area contributed by atoms with Gasteiger partial charge in [0.1, 0.15) is 11.5 Å². The van der Waals surface area contributed by atoms with Gasteiger partial charge in [0.05, 0.1) is 0 Å². The summed E-state index contributed by atoms with van der Waals surface area (Å²) in [6, 6.07) is 9.24. The van der Waals surface area contributed by atoms with E-state index in [0.29, 0.717) is 0 Å². The van der Waals surface area contributed by atoms with E-state index in [1.54, 1.807) is 12.4 Å². The van der Waals surface area contributed by atoms with Crippen molar-refractivity contribution in [3.8, 4) is 11.5 Å². The first-order chi connectivity index (χ1) is 7.27. The molecule has 0 fully saturated rings. The van der Waals surface area contributed by atoms with E-state index in [-0.39, 0.29) is 0 Å². The third-order valence-electron chi connectivity index (χ3n) is 2.20. The van der Waals surface area contributed by atoms with Gasteiger partial charge in [-0.05, 0) is 31.2 Å². The summed E-state index contributed by atoms with van der Waals surface area (Å²) in [5.74, 6) is 1.54. The van der Waals surface area contributed by atoms with Crippen molar-refractivity contribution >= 4 is 5.69 Å². The van der Waals surface area contributed by atoms with Crippen molar-refractivity contribution in [2.45, 2.75) is 6.92 Å². The lowest BCUT2D eigenvalue weighted by molar-refractivity contribution is 0.478. The van der Waals surface area contributed by atoms with Gasteiger partial charge in [-0.15, -0.1) is 0 Å². The smallest absolute Gasteiger partial charge is 0.132 e. The first-order valence-electron chi connectivity index (χ1n) is 4.70. The highest BCUT2D eigenvalue weighted by atomic mass is 16.5. The van der Waals surface area contributed by atoms with Gasteiger partial charge >= 0.3 is 0 Å². The van der Waals surface area contributed by atoms with Crippen molar-refractivity contribution < 1.29 is 4.74 Å². The SMILES string of the molecule is Cc1c(N)cccc1Oc1ccncc1. The van der Waals surface area contributed by atoms with Crippen LogP contribution in [-0.4, -0.2) is 4.98 Å². The number of nitrogens with zero attached hydrogens (tertiary/aromatic N) is 1. The molecule has 0 saturated carbocycles. The number of aromatic nitrogens is 1. The Morgan fingerprint density at radius 2 is 1.87 bits per heavy atom. The Morgan fingerprint density at radius 1 is 1.13 bits per heavy atom. The van der Waals surface area contributed by atoms with E-state index in [4.69, 9.17) is 10.5 Å². The fourth-order valence-electron chi connectivity index (χ4n) is 1.28. The van der Waals surface area contributed by atoms with Crippen LogP contribution in [0.5, 0.6) is 11.5 Å². The number of rotatable bonds is 2. The zero-order valence-electron chi connectivity index (χ0n) is 8.47. The quantitative estimate of drug-likeness (QED) is 0.758. The Kier molecular flexibility index (Phi) is 2.54. The highest BCUT2D eigenvalue weighted by Gasteiger charge is 2.02. The number of hydrogen-bond donors (Lipinski definition) is 1. The van der Waals surface area contributed by atoms with Crippen LogP contribution in [0.3, 0.4) is 0 Å². The van der Waals surface area contributed by atoms with Crippen LogP contribution in [0, 0.1) is 6.92 Å². The summed E-state index contributed by atoms with van der Waals surface area (Å²) >= 11 is 0. The van der Waals surface area contributed by atoms with E-state index < -0.39 is 0 Å². The number of ether oxygens (including phenoxy) is 1. The molecular formula is C12H12N2O.